The van der Waals surface area contributed by atoms with E-state index in [2.05, 4.69) is 22.5 Å². The van der Waals surface area contributed by atoms with Gasteiger partial charge in [-0.25, -0.2) is 0 Å². The summed E-state index contributed by atoms with van der Waals surface area (Å²) in [6.07, 6.45) is 1.40. The topological polar surface area (TPSA) is 34.0 Å². The molecule has 0 unspecified atom stereocenters. The molecule has 0 aromatic heterocycles. The molecule has 0 spiro atoms. The molecule has 0 heterocycles. The summed E-state index contributed by atoms with van der Waals surface area (Å²) in [4.78, 5) is 0. The average Bonchev–Trinajstić information content (AvgIpc) is 2.45. The third-order valence-corrected chi connectivity index (χ3v) is 2.15. The fourth-order valence-electron chi connectivity index (χ4n) is 1.31. The molecule has 0 N–H and O–H groups in total. The first-order chi connectivity index (χ1) is 8.88. The van der Waals surface area contributed by atoms with Gasteiger partial charge in [-0.15, -0.1) is 0 Å². The molecule has 0 saturated carbocycles. The summed E-state index contributed by atoms with van der Waals surface area (Å²) in [5.74, 6) is 0.713. The number of hydrogen-bond acceptors (Lipinski definition) is 3. The molecule has 0 amide bonds. The molecular weight excluding hydrogens is 224 g/mol. The fourth-order valence-corrected chi connectivity index (χ4v) is 1.31. The number of benzene rings is 2. The van der Waals surface area contributed by atoms with Gasteiger partial charge in [0.25, 0.3) is 0 Å². The van der Waals surface area contributed by atoms with Crippen molar-refractivity contribution in [1.82, 2.24) is 0 Å². The van der Waals surface area contributed by atoms with Gasteiger partial charge >= 0.3 is 0 Å². The number of hydrogen-bond donors (Lipinski definition) is 0. The molecular formula is C15H12N2O. The van der Waals surface area contributed by atoms with Gasteiger partial charge in [0.05, 0.1) is 11.4 Å². The molecule has 3 nitrogen and oxygen atoms in total. The lowest BCUT2D eigenvalue weighted by atomic mass is 10.3. The summed E-state index contributed by atoms with van der Waals surface area (Å²) < 4.78 is 5.20. The Kier molecular flexibility index (Phi) is 4.07. The third-order valence-electron chi connectivity index (χ3n) is 2.15. The minimum atomic E-state index is 0.713. The zero-order chi connectivity index (χ0) is 12.6. The fraction of sp³-hybridized carbons (Fsp3) is 0. The Morgan fingerprint density at radius 2 is 1.50 bits per heavy atom. The SMILES string of the molecule is C=C=COc1ccc(/N=N/c2ccccc2)cc1. The normalized spacial score (nSPS) is 10.0. The van der Waals surface area contributed by atoms with Crippen LogP contribution in [-0.2, 0) is 0 Å². The summed E-state index contributed by atoms with van der Waals surface area (Å²) >= 11 is 0. The molecule has 2 aromatic rings. The highest BCUT2D eigenvalue weighted by molar-refractivity contribution is 5.42. The maximum absolute atomic E-state index is 5.20. The summed E-state index contributed by atoms with van der Waals surface area (Å²) in [6, 6.07) is 16.9. The van der Waals surface area contributed by atoms with Gasteiger partial charge in [0, 0.05) is 0 Å². The van der Waals surface area contributed by atoms with Crippen LogP contribution in [0.1, 0.15) is 0 Å². The molecule has 0 saturated heterocycles. The second kappa shape index (κ2) is 6.18. The van der Waals surface area contributed by atoms with Crippen molar-refractivity contribution in [2.24, 2.45) is 10.2 Å². The van der Waals surface area contributed by atoms with Gasteiger partial charge < -0.3 is 4.74 Å². The smallest absolute Gasteiger partial charge is 0.133 e. The Balaban J connectivity index is 2.06. The minimum absolute atomic E-state index is 0.713. The van der Waals surface area contributed by atoms with Crippen molar-refractivity contribution in [3.63, 3.8) is 0 Å². The molecule has 2 rings (SSSR count). The first-order valence-corrected chi connectivity index (χ1v) is 5.46. The van der Waals surface area contributed by atoms with Crippen LogP contribution in [0.15, 0.2) is 83.4 Å². The zero-order valence-electron chi connectivity index (χ0n) is 9.78. The standard InChI is InChI=1S/C15H12N2O/c1-2-12-18-15-10-8-14(9-11-15)17-16-13-6-4-3-5-7-13/h3-12H,1H2/b17-16+. The lowest BCUT2D eigenvalue weighted by Crippen LogP contribution is -1.78. The first kappa shape index (κ1) is 11.8. The number of rotatable bonds is 4. The van der Waals surface area contributed by atoms with Gasteiger partial charge in [-0.3, -0.25) is 0 Å². The maximum Gasteiger partial charge on any atom is 0.133 e. The Hall–Kier alpha value is -2.64. The summed E-state index contributed by atoms with van der Waals surface area (Å²) in [5.41, 5.74) is 4.14. The molecule has 0 bridgehead atoms. The van der Waals surface area contributed by atoms with Gasteiger partial charge in [-0.2, -0.15) is 10.2 Å². The van der Waals surface area contributed by atoms with Crippen molar-refractivity contribution in [1.29, 1.82) is 0 Å². The predicted octanol–water partition coefficient (Wildman–Crippen LogP) is 4.78. The van der Waals surface area contributed by atoms with Crippen LogP contribution in [0.5, 0.6) is 5.75 Å². The van der Waals surface area contributed by atoms with Gasteiger partial charge in [0.15, 0.2) is 0 Å². The molecule has 88 valence electrons. The Bertz CT molecular complexity index is 567. The van der Waals surface area contributed by atoms with E-state index in [1.165, 1.54) is 6.26 Å². The molecule has 0 aliphatic carbocycles. The minimum Gasteiger partial charge on any atom is -0.457 e. The Morgan fingerprint density at radius 1 is 0.889 bits per heavy atom. The van der Waals surface area contributed by atoms with Crippen LogP contribution < -0.4 is 4.74 Å². The first-order valence-electron chi connectivity index (χ1n) is 5.46. The summed E-state index contributed by atoms with van der Waals surface area (Å²) in [6.45, 7) is 3.42. The van der Waals surface area contributed by atoms with Gasteiger partial charge in [0.1, 0.15) is 12.0 Å². The van der Waals surface area contributed by atoms with E-state index in [0.717, 1.165) is 11.4 Å². The van der Waals surface area contributed by atoms with E-state index in [-0.39, 0.29) is 0 Å². The van der Waals surface area contributed by atoms with Crippen molar-refractivity contribution in [2.75, 3.05) is 0 Å². The van der Waals surface area contributed by atoms with Crippen LogP contribution in [0.3, 0.4) is 0 Å². The zero-order valence-corrected chi connectivity index (χ0v) is 9.78. The monoisotopic (exact) mass is 236 g/mol. The second-order valence-corrected chi connectivity index (χ2v) is 3.47. The molecule has 18 heavy (non-hydrogen) atoms. The van der Waals surface area contributed by atoms with Crippen LogP contribution in [-0.4, -0.2) is 0 Å². The van der Waals surface area contributed by atoms with Gasteiger partial charge in [0.2, 0.25) is 0 Å². The van der Waals surface area contributed by atoms with Crippen molar-refractivity contribution in [3.05, 3.63) is 73.2 Å². The molecule has 0 atom stereocenters. The van der Waals surface area contributed by atoms with E-state index in [1.807, 2.05) is 54.6 Å². The molecule has 0 fully saturated rings. The second-order valence-electron chi connectivity index (χ2n) is 3.47. The maximum atomic E-state index is 5.20. The van der Waals surface area contributed by atoms with Crippen LogP contribution in [0, 0.1) is 0 Å². The van der Waals surface area contributed by atoms with E-state index in [1.54, 1.807) is 0 Å². The predicted molar refractivity (Wildman–Crippen MR) is 71.4 cm³/mol. The van der Waals surface area contributed by atoms with Gasteiger partial charge in [-0.1, -0.05) is 30.5 Å². The molecule has 3 heteroatoms. The van der Waals surface area contributed by atoms with E-state index in [9.17, 15) is 0 Å². The van der Waals surface area contributed by atoms with Crippen molar-refractivity contribution < 1.29 is 4.74 Å². The lowest BCUT2D eigenvalue weighted by Gasteiger charge is -1.98. The summed E-state index contributed by atoms with van der Waals surface area (Å²) in [7, 11) is 0. The highest BCUT2D eigenvalue weighted by atomic mass is 16.5. The Morgan fingerprint density at radius 3 is 2.11 bits per heavy atom. The average molecular weight is 236 g/mol. The van der Waals surface area contributed by atoms with E-state index in [0.29, 0.717) is 5.75 Å². The van der Waals surface area contributed by atoms with Crippen LogP contribution >= 0.6 is 0 Å². The number of nitrogens with zero attached hydrogens (tertiary/aromatic N) is 2. The highest BCUT2D eigenvalue weighted by Crippen LogP contribution is 2.21. The van der Waals surface area contributed by atoms with E-state index < -0.39 is 0 Å². The summed E-state index contributed by atoms with van der Waals surface area (Å²) in [5, 5.41) is 8.25. The molecule has 0 aliphatic rings. The molecule has 0 aliphatic heterocycles. The lowest BCUT2D eigenvalue weighted by molar-refractivity contribution is 0.482. The number of azo groups is 1. The highest BCUT2D eigenvalue weighted by Gasteiger charge is 1.92. The van der Waals surface area contributed by atoms with Crippen molar-refractivity contribution >= 4 is 11.4 Å². The Labute approximate surface area is 106 Å². The van der Waals surface area contributed by atoms with Crippen molar-refractivity contribution in [2.45, 2.75) is 0 Å². The van der Waals surface area contributed by atoms with E-state index in [4.69, 9.17) is 4.74 Å². The largest absolute Gasteiger partial charge is 0.457 e. The quantitative estimate of drug-likeness (QED) is 0.427. The van der Waals surface area contributed by atoms with Crippen LogP contribution in [0.4, 0.5) is 11.4 Å². The third kappa shape index (κ3) is 3.44. The van der Waals surface area contributed by atoms with E-state index >= 15 is 0 Å². The molecule has 0 radical (unpaired) electrons. The van der Waals surface area contributed by atoms with Crippen LogP contribution in [0.25, 0.3) is 0 Å². The molecule has 2 aromatic carbocycles. The van der Waals surface area contributed by atoms with Crippen molar-refractivity contribution in [3.8, 4) is 5.75 Å². The number of ether oxygens (including phenoxy) is 1. The van der Waals surface area contributed by atoms with Crippen LogP contribution in [0.2, 0.25) is 0 Å². The van der Waals surface area contributed by atoms with Gasteiger partial charge in [-0.05, 0) is 36.4 Å².